The first kappa shape index (κ1) is 22.4. The Kier molecular flexibility index (Phi) is 6.97. The lowest BCUT2D eigenvalue weighted by atomic mass is 10.1. The molecule has 0 saturated heterocycles. The van der Waals surface area contributed by atoms with Crippen LogP contribution < -0.4 is 4.74 Å². The Balaban J connectivity index is 0.00000132. The van der Waals surface area contributed by atoms with Gasteiger partial charge >= 0.3 is 0 Å². The molecule has 4 aromatic heterocycles. The highest BCUT2D eigenvalue weighted by Crippen LogP contribution is 2.29. The first-order valence-electron chi connectivity index (χ1n) is 10.4. The first-order valence-corrected chi connectivity index (χ1v) is 10.4. The van der Waals surface area contributed by atoms with Crippen molar-refractivity contribution in [2.75, 3.05) is 13.7 Å². The minimum Gasteiger partial charge on any atom is -0.475 e. The summed E-state index contributed by atoms with van der Waals surface area (Å²) >= 11 is 0. The van der Waals surface area contributed by atoms with Crippen molar-refractivity contribution in [3.8, 4) is 28.4 Å². The van der Waals surface area contributed by atoms with Gasteiger partial charge in [0.05, 0.1) is 17.0 Å². The number of hydrogen-bond acceptors (Lipinski definition) is 6. The van der Waals surface area contributed by atoms with Crippen LogP contribution in [0.3, 0.4) is 0 Å². The van der Waals surface area contributed by atoms with Gasteiger partial charge < -0.3 is 9.47 Å². The van der Waals surface area contributed by atoms with E-state index in [1.807, 2.05) is 69.5 Å². The molecule has 7 heteroatoms. The summed E-state index contributed by atoms with van der Waals surface area (Å²) < 4.78 is 13.2. The Bertz CT molecular complexity index is 1120. The quantitative estimate of drug-likeness (QED) is 0.438. The van der Waals surface area contributed by atoms with Crippen LogP contribution in [0.2, 0.25) is 0 Å². The molecule has 7 nitrogen and oxygen atoms in total. The molecule has 4 aromatic rings. The van der Waals surface area contributed by atoms with Gasteiger partial charge in [-0.2, -0.15) is 0 Å². The van der Waals surface area contributed by atoms with Crippen LogP contribution in [0.5, 0.6) is 5.88 Å². The van der Waals surface area contributed by atoms with Gasteiger partial charge in [0.15, 0.2) is 5.65 Å². The number of imidazole rings is 1. The van der Waals surface area contributed by atoms with Gasteiger partial charge in [-0.25, -0.2) is 9.97 Å². The van der Waals surface area contributed by atoms with E-state index in [4.69, 9.17) is 14.5 Å². The largest absolute Gasteiger partial charge is 0.475 e. The number of hydrogen-bond donors (Lipinski definition) is 0. The number of aryl methyl sites for hydroxylation is 1. The SMILES string of the molecule is CC.COC(C)(C)COc1ccc(-c2c(C)nc3c(-c4ccncc4)nccn23)cn1. The van der Waals surface area contributed by atoms with E-state index in [1.54, 1.807) is 31.9 Å². The summed E-state index contributed by atoms with van der Waals surface area (Å²) in [5, 5.41) is 0. The van der Waals surface area contributed by atoms with E-state index in [2.05, 4.69) is 15.0 Å². The van der Waals surface area contributed by atoms with E-state index in [0.29, 0.717) is 12.5 Å². The van der Waals surface area contributed by atoms with E-state index in [-0.39, 0.29) is 5.60 Å². The predicted molar refractivity (Wildman–Crippen MR) is 122 cm³/mol. The lowest BCUT2D eigenvalue weighted by Crippen LogP contribution is -2.30. The molecular formula is C24H29N5O2. The Morgan fingerprint density at radius 1 is 0.968 bits per heavy atom. The van der Waals surface area contributed by atoms with Crippen LogP contribution in [0, 0.1) is 6.92 Å². The molecule has 0 radical (unpaired) electrons. The highest BCUT2D eigenvalue weighted by atomic mass is 16.5. The maximum absolute atomic E-state index is 5.75. The standard InChI is InChI=1S/C22H23N5O2.C2H6/c1-15-20(17-5-6-18(25-13-17)29-14-22(2,3)28-4)27-12-11-24-19(21(27)26-15)16-7-9-23-10-8-16;1-2/h5-13H,14H2,1-4H3;1-2H3. The van der Waals surface area contributed by atoms with E-state index in [1.165, 1.54) is 0 Å². The van der Waals surface area contributed by atoms with Crippen molar-refractivity contribution >= 4 is 5.65 Å². The fourth-order valence-corrected chi connectivity index (χ4v) is 3.06. The summed E-state index contributed by atoms with van der Waals surface area (Å²) in [6, 6.07) is 7.72. The summed E-state index contributed by atoms with van der Waals surface area (Å²) in [5.41, 5.74) is 5.07. The van der Waals surface area contributed by atoms with E-state index < -0.39 is 0 Å². The minimum absolute atomic E-state index is 0.366. The van der Waals surface area contributed by atoms with Crippen molar-refractivity contribution in [2.45, 2.75) is 40.2 Å². The Labute approximate surface area is 183 Å². The van der Waals surface area contributed by atoms with Gasteiger partial charge in [0.25, 0.3) is 0 Å². The van der Waals surface area contributed by atoms with Crippen LogP contribution in [-0.4, -0.2) is 43.7 Å². The lowest BCUT2D eigenvalue weighted by Gasteiger charge is -2.22. The number of ether oxygens (including phenoxy) is 2. The molecule has 4 rings (SSSR count). The van der Waals surface area contributed by atoms with Gasteiger partial charge in [0.1, 0.15) is 12.3 Å². The Hall–Kier alpha value is -3.32. The molecule has 0 saturated carbocycles. The molecule has 0 amide bonds. The smallest absolute Gasteiger partial charge is 0.213 e. The van der Waals surface area contributed by atoms with Gasteiger partial charge in [-0.05, 0) is 39.0 Å². The summed E-state index contributed by atoms with van der Waals surface area (Å²) in [6.07, 6.45) is 9.01. The molecule has 0 aliphatic heterocycles. The number of nitrogens with zero attached hydrogens (tertiary/aromatic N) is 5. The molecule has 0 bridgehead atoms. The zero-order valence-electron chi connectivity index (χ0n) is 19.0. The molecule has 0 spiro atoms. The third kappa shape index (κ3) is 4.88. The fraction of sp³-hybridized carbons (Fsp3) is 0.333. The third-order valence-corrected chi connectivity index (χ3v) is 4.80. The summed E-state index contributed by atoms with van der Waals surface area (Å²) in [4.78, 5) is 17.8. The summed E-state index contributed by atoms with van der Waals surface area (Å²) in [7, 11) is 1.67. The number of pyridine rings is 2. The van der Waals surface area contributed by atoms with Crippen LogP contribution in [0.15, 0.2) is 55.2 Å². The van der Waals surface area contributed by atoms with E-state index in [9.17, 15) is 0 Å². The van der Waals surface area contributed by atoms with Gasteiger partial charge in [0, 0.05) is 55.3 Å². The first-order chi connectivity index (χ1) is 15.0. The molecule has 0 aliphatic carbocycles. The monoisotopic (exact) mass is 419 g/mol. The maximum Gasteiger partial charge on any atom is 0.213 e. The van der Waals surface area contributed by atoms with Crippen molar-refractivity contribution in [3.05, 3.63) is 60.9 Å². The van der Waals surface area contributed by atoms with Crippen LogP contribution in [0.1, 0.15) is 33.4 Å². The van der Waals surface area contributed by atoms with Crippen molar-refractivity contribution in [3.63, 3.8) is 0 Å². The average molecular weight is 420 g/mol. The molecule has 162 valence electrons. The number of fused-ring (bicyclic) bond motifs is 1. The van der Waals surface area contributed by atoms with Gasteiger partial charge in [-0.3, -0.25) is 14.4 Å². The maximum atomic E-state index is 5.75. The van der Waals surface area contributed by atoms with Crippen molar-refractivity contribution in [1.82, 2.24) is 24.3 Å². The Morgan fingerprint density at radius 3 is 2.35 bits per heavy atom. The molecule has 31 heavy (non-hydrogen) atoms. The van der Waals surface area contributed by atoms with Crippen molar-refractivity contribution in [1.29, 1.82) is 0 Å². The second-order valence-electron chi connectivity index (χ2n) is 7.39. The highest BCUT2D eigenvalue weighted by molar-refractivity contribution is 5.77. The number of methoxy groups -OCH3 is 1. The van der Waals surface area contributed by atoms with Crippen LogP contribution in [0.25, 0.3) is 28.2 Å². The van der Waals surface area contributed by atoms with Crippen LogP contribution in [0.4, 0.5) is 0 Å². The molecule has 0 aliphatic rings. The third-order valence-electron chi connectivity index (χ3n) is 4.80. The fourth-order valence-electron chi connectivity index (χ4n) is 3.06. The van der Waals surface area contributed by atoms with Gasteiger partial charge in [-0.1, -0.05) is 13.8 Å². The minimum atomic E-state index is -0.366. The zero-order chi connectivity index (χ0) is 22.4. The normalized spacial score (nSPS) is 11.2. The van der Waals surface area contributed by atoms with Crippen LogP contribution >= 0.6 is 0 Å². The zero-order valence-corrected chi connectivity index (χ0v) is 19.0. The number of aromatic nitrogens is 5. The summed E-state index contributed by atoms with van der Waals surface area (Å²) in [6.45, 7) is 10.4. The Morgan fingerprint density at radius 2 is 1.71 bits per heavy atom. The molecule has 0 atom stereocenters. The molecule has 0 fully saturated rings. The summed E-state index contributed by atoms with van der Waals surface area (Å²) in [5.74, 6) is 0.560. The molecule has 0 N–H and O–H groups in total. The topological polar surface area (TPSA) is 74.4 Å². The lowest BCUT2D eigenvalue weighted by molar-refractivity contribution is -0.0157. The molecule has 0 unspecified atom stereocenters. The van der Waals surface area contributed by atoms with Crippen molar-refractivity contribution in [2.24, 2.45) is 0 Å². The highest BCUT2D eigenvalue weighted by Gasteiger charge is 2.18. The molecule has 4 heterocycles. The molecular weight excluding hydrogens is 390 g/mol. The average Bonchev–Trinajstić information content (AvgIpc) is 3.16. The second kappa shape index (κ2) is 9.66. The number of rotatable bonds is 6. The van der Waals surface area contributed by atoms with Gasteiger partial charge in [0.2, 0.25) is 5.88 Å². The van der Waals surface area contributed by atoms with E-state index >= 15 is 0 Å². The second-order valence-corrected chi connectivity index (χ2v) is 7.39. The van der Waals surface area contributed by atoms with E-state index in [0.717, 1.165) is 33.9 Å². The van der Waals surface area contributed by atoms with Crippen LogP contribution in [-0.2, 0) is 4.74 Å². The predicted octanol–water partition coefficient (Wildman–Crippen LogP) is 4.99. The molecule has 0 aromatic carbocycles. The van der Waals surface area contributed by atoms with Gasteiger partial charge in [-0.15, -0.1) is 0 Å². The van der Waals surface area contributed by atoms with Crippen molar-refractivity contribution < 1.29 is 9.47 Å².